The molecule has 0 amide bonds. The smallest absolute Gasteiger partial charge is 0.306 e. The molecule has 0 aliphatic carbocycles. The van der Waals surface area contributed by atoms with Gasteiger partial charge in [0.05, 0.1) is 21.9 Å². The van der Waals surface area contributed by atoms with Crippen LogP contribution < -0.4 is 0 Å². The number of benzene rings is 2. The lowest BCUT2D eigenvalue weighted by Gasteiger charge is -2.03. The van der Waals surface area contributed by atoms with Gasteiger partial charge in [-0.3, -0.25) is 14.9 Å². The lowest BCUT2D eigenvalue weighted by atomic mass is 9.97. The molecule has 0 unspecified atom stereocenters. The van der Waals surface area contributed by atoms with Gasteiger partial charge in [0, 0.05) is 5.56 Å². The molecule has 0 radical (unpaired) electrons. The van der Waals surface area contributed by atoms with Gasteiger partial charge in [-0.15, -0.1) is 0 Å². The van der Waals surface area contributed by atoms with Crippen LogP contribution in [0.15, 0.2) is 65.2 Å². The molecule has 2 aromatic heterocycles. The molecular formula is C22H17N3O4. The first-order valence-electron chi connectivity index (χ1n) is 8.97. The van der Waals surface area contributed by atoms with Crippen LogP contribution in [0.5, 0.6) is 0 Å². The summed E-state index contributed by atoms with van der Waals surface area (Å²) in [7, 11) is 0. The third kappa shape index (κ3) is 3.12. The maximum atomic E-state index is 13.5. The molecule has 0 aliphatic rings. The Morgan fingerprint density at radius 3 is 1.97 bits per heavy atom. The van der Waals surface area contributed by atoms with E-state index in [1.807, 2.05) is 24.3 Å². The number of carbonyl (C=O) groups is 1. The number of nitro groups is 1. The van der Waals surface area contributed by atoms with E-state index in [1.165, 1.54) is 0 Å². The van der Waals surface area contributed by atoms with Gasteiger partial charge in [-0.2, -0.15) is 0 Å². The largest absolute Gasteiger partial charge is 0.361 e. The average Bonchev–Trinajstić information content (AvgIpc) is 3.29. The zero-order chi connectivity index (χ0) is 20.5. The summed E-state index contributed by atoms with van der Waals surface area (Å²) in [6.45, 7) is 3.26. The summed E-state index contributed by atoms with van der Waals surface area (Å²) >= 11 is 0. The van der Waals surface area contributed by atoms with Crippen LogP contribution in [0.3, 0.4) is 0 Å². The van der Waals surface area contributed by atoms with Gasteiger partial charge in [-0.05, 0) is 19.4 Å². The quantitative estimate of drug-likeness (QED) is 0.292. The number of nitrogens with one attached hydrogen (secondary N) is 1. The van der Waals surface area contributed by atoms with Gasteiger partial charge >= 0.3 is 5.69 Å². The number of aromatic nitrogens is 2. The fourth-order valence-electron chi connectivity index (χ4n) is 3.46. The number of nitrogens with zero attached hydrogens (tertiary/aromatic N) is 2. The Morgan fingerprint density at radius 1 is 0.931 bits per heavy atom. The highest BCUT2D eigenvalue weighted by Gasteiger charge is 2.35. The highest BCUT2D eigenvalue weighted by Crippen LogP contribution is 2.41. The fourth-order valence-corrected chi connectivity index (χ4v) is 3.46. The number of ketones is 1. The van der Waals surface area contributed by atoms with E-state index in [0.29, 0.717) is 28.3 Å². The molecule has 0 bridgehead atoms. The summed E-state index contributed by atoms with van der Waals surface area (Å²) in [5.41, 5.74) is 2.33. The Hall–Kier alpha value is -4.00. The van der Waals surface area contributed by atoms with Gasteiger partial charge in [-0.1, -0.05) is 65.8 Å². The van der Waals surface area contributed by atoms with E-state index < -0.39 is 10.7 Å². The summed E-state index contributed by atoms with van der Waals surface area (Å²) in [6, 6.07) is 18.0. The lowest BCUT2D eigenvalue weighted by Crippen LogP contribution is -2.07. The lowest BCUT2D eigenvalue weighted by molar-refractivity contribution is -0.384. The number of rotatable bonds is 5. The Labute approximate surface area is 166 Å². The van der Waals surface area contributed by atoms with Gasteiger partial charge in [0.1, 0.15) is 17.0 Å². The minimum atomic E-state index is -0.517. The molecular weight excluding hydrogens is 370 g/mol. The molecule has 0 fully saturated rings. The normalized spacial score (nSPS) is 10.8. The maximum absolute atomic E-state index is 13.5. The van der Waals surface area contributed by atoms with Crippen LogP contribution in [0.1, 0.15) is 27.4 Å². The van der Waals surface area contributed by atoms with Crippen LogP contribution >= 0.6 is 0 Å². The van der Waals surface area contributed by atoms with E-state index in [1.54, 1.807) is 50.2 Å². The van der Waals surface area contributed by atoms with Gasteiger partial charge in [0.25, 0.3) is 0 Å². The standard InChI is InChI=1S/C22H17N3O4/c1-13-17(14(2)29-24-13)22(26)18-19(15-9-5-3-6-10-15)23-20(21(18)25(27)28)16-11-7-4-8-12-16/h3-12,23H,1-2H3. The minimum Gasteiger partial charge on any atom is -0.361 e. The van der Waals surface area contributed by atoms with Crippen molar-refractivity contribution in [3.63, 3.8) is 0 Å². The van der Waals surface area contributed by atoms with Crippen molar-refractivity contribution < 1.29 is 14.2 Å². The second-order valence-corrected chi connectivity index (χ2v) is 6.62. The first-order valence-corrected chi connectivity index (χ1v) is 8.97. The number of H-pyrrole nitrogens is 1. The summed E-state index contributed by atoms with van der Waals surface area (Å²) in [4.78, 5) is 28.2. The monoisotopic (exact) mass is 387 g/mol. The molecule has 4 aromatic rings. The minimum absolute atomic E-state index is 0.00514. The number of hydrogen-bond donors (Lipinski definition) is 1. The average molecular weight is 387 g/mol. The Balaban J connectivity index is 2.06. The second-order valence-electron chi connectivity index (χ2n) is 6.62. The van der Waals surface area contributed by atoms with E-state index in [4.69, 9.17) is 4.52 Å². The molecule has 0 spiro atoms. The van der Waals surface area contributed by atoms with Crippen LogP contribution in [0.4, 0.5) is 5.69 Å². The van der Waals surface area contributed by atoms with Crippen molar-refractivity contribution in [3.8, 4) is 22.5 Å². The summed E-state index contributed by atoms with van der Waals surface area (Å²) < 4.78 is 5.12. The summed E-state index contributed by atoms with van der Waals surface area (Å²) in [6.07, 6.45) is 0. The van der Waals surface area contributed by atoms with Crippen molar-refractivity contribution in [2.45, 2.75) is 13.8 Å². The predicted molar refractivity (Wildman–Crippen MR) is 108 cm³/mol. The SMILES string of the molecule is Cc1noc(C)c1C(=O)c1c(-c2ccccc2)[nH]c(-c2ccccc2)c1[N+](=O)[O-]. The molecule has 7 nitrogen and oxygen atoms in total. The molecule has 4 rings (SSSR count). The van der Waals surface area contributed by atoms with Crippen molar-refractivity contribution in [3.05, 3.63) is 93.4 Å². The molecule has 0 atom stereocenters. The maximum Gasteiger partial charge on any atom is 0.306 e. The highest BCUT2D eigenvalue weighted by molar-refractivity contribution is 6.17. The van der Waals surface area contributed by atoms with Gasteiger partial charge < -0.3 is 9.51 Å². The molecule has 7 heteroatoms. The first-order chi connectivity index (χ1) is 14.0. The predicted octanol–water partition coefficient (Wildman–Crippen LogP) is 5.09. The summed E-state index contributed by atoms with van der Waals surface area (Å²) in [5, 5.41) is 15.9. The summed E-state index contributed by atoms with van der Waals surface area (Å²) in [5.74, 6) is -0.173. The third-order valence-corrected chi connectivity index (χ3v) is 4.77. The molecule has 1 N–H and O–H groups in total. The number of hydrogen-bond acceptors (Lipinski definition) is 5. The second kappa shape index (κ2) is 7.20. The fraction of sp³-hybridized carbons (Fsp3) is 0.0909. The molecule has 0 saturated carbocycles. The van der Waals surface area contributed by atoms with Gasteiger partial charge in [0.15, 0.2) is 0 Å². The van der Waals surface area contributed by atoms with Crippen LogP contribution in [0, 0.1) is 24.0 Å². The molecule has 144 valence electrons. The number of carbonyl (C=O) groups excluding carboxylic acids is 1. The van der Waals surface area contributed by atoms with Gasteiger partial charge in [0.2, 0.25) is 5.78 Å². The van der Waals surface area contributed by atoms with E-state index in [9.17, 15) is 14.9 Å². The van der Waals surface area contributed by atoms with Crippen molar-refractivity contribution in [1.29, 1.82) is 0 Å². The van der Waals surface area contributed by atoms with Crippen LogP contribution in [-0.2, 0) is 0 Å². The Kier molecular flexibility index (Phi) is 4.56. The molecule has 0 saturated heterocycles. The topological polar surface area (TPSA) is 102 Å². The van der Waals surface area contributed by atoms with Crippen LogP contribution in [-0.4, -0.2) is 20.8 Å². The van der Waals surface area contributed by atoms with Crippen molar-refractivity contribution in [1.82, 2.24) is 10.1 Å². The van der Waals surface area contributed by atoms with E-state index >= 15 is 0 Å². The van der Waals surface area contributed by atoms with Crippen LogP contribution in [0.25, 0.3) is 22.5 Å². The Bertz CT molecular complexity index is 1190. The van der Waals surface area contributed by atoms with Crippen LogP contribution in [0.2, 0.25) is 0 Å². The Morgan fingerprint density at radius 2 is 1.48 bits per heavy atom. The van der Waals surface area contributed by atoms with Gasteiger partial charge in [-0.25, -0.2) is 0 Å². The zero-order valence-corrected chi connectivity index (χ0v) is 15.8. The van der Waals surface area contributed by atoms with Crippen molar-refractivity contribution >= 4 is 11.5 Å². The first kappa shape index (κ1) is 18.4. The zero-order valence-electron chi connectivity index (χ0n) is 15.8. The van der Waals surface area contributed by atoms with E-state index in [0.717, 1.165) is 0 Å². The molecule has 29 heavy (non-hydrogen) atoms. The van der Waals surface area contributed by atoms with E-state index in [2.05, 4.69) is 10.1 Å². The third-order valence-electron chi connectivity index (χ3n) is 4.77. The molecule has 2 aromatic carbocycles. The van der Waals surface area contributed by atoms with Crippen molar-refractivity contribution in [2.24, 2.45) is 0 Å². The van der Waals surface area contributed by atoms with Crippen molar-refractivity contribution in [2.75, 3.05) is 0 Å². The molecule has 0 aliphatic heterocycles. The number of aromatic amines is 1. The number of aryl methyl sites for hydroxylation is 2. The van der Waals surface area contributed by atoms with E-state index in [-0.39, 0.29) is 22.5 Å². The highest BCUT2D eigenvalue weighted by atomic mass is 16.6. The molecule has 2 heterocycles.